The maximum Gasteiger partial charge on any atom is 0.338 e. The molecule has 0 bridgehead atoms. The largest absolute Gasteiger partial charge is 0.493 e. The zero-order valence-corrected chi connectivity index (χ0v) is 23.2. The van der Waals surface area contributed by atoms with E-state index in [1.807, 2.05) is 67.6 Å². The molecule has 0 spiro atoms. The Morgan fingerprint density at radius 3 is 2.62 bits per heavy atom. The van der Waals surface area contributed by atoms with Gasteiger partial charge in [-0.1, -0.05) is 72.9 Å². The molecule has 7 nitrogen and oxygen atoms in total. The summed E-state index contributed by atoms with van der Waals surface area (Å²) in [5.74, 6) is 0.500. The van der Waals surface area contributed by atoms with E-state index in [0.29, 0.717) is 44.3 Å². The van der Waals surface area contributed by atoms with E-state index in [1.165, 1.54) is 11.3 Å². The second-order valence-electron chi connectivity index (χ2n) is 9.10. The number of hydrogen-bond acceptors (Lipinski definition) is 7. The van der Waals surface area contributed by atoms with E-state index in [4.69, 9.17) is 19.2 Å². The number of allylic oxidation sites excluding steroid dienone is 1. The summed E-state index contributed by atoms with van der Waals surface area (Å²) in [7, 11) is 1.57. The third-order valence-electron chi connectivity index (χ3n) is 6.60. The maximum absolute atomic E-state index is 14.1. The van der Waals surface area contributed by atoms with Crippen molar-refractivity contribution in [1.82, 2.24) is 4.57 Å². The summed E-state index contributed by atoms with van der Waals surface area (Å²) in [4.78, 5) is 32.6. The normalized spacial score (nSPS) is 15.2. The van der Waals surface area contributed by atoms with E-state index in [-0.39, 0.29) is 12.2 Å². The molecule has 0 amide bonds. The smallest absolute Gasteiger partial charge is 0.338 e. The fourth-order valence-corrected chi connectivity index (χ4v) is 5.91. The number of hydrogen-bond donors (Lipinski definition) is 0. The maximum atomic E-state index is 14.1. The van der Waals surface area contributed by atoms with Crippen LogP contribution in [0.5, 0.6) is 11.5 Å². The van der Waals surface area contributed by atoms with Crippen molar-refractivity contribution in [2.75, 3.05) is 20.3 Å². The molecular formula is C31H30N2O5S. The molecule has 39 heavy (non-hydrogen) atoms. The molecule has 2 heterocycles. The summed E-state index contributed by atoms with van der Waals surface area (Å²) in [6, 6.07) is 18.8. The number of para-hydroxylation sites is 1. The molecule has 200 valence electrons. The lowest BCUT2D eigenvalue weighted by Gasteiger charge is -2.27. The number of aromatic nitrogens is 1. The van der Waals surface area contributed by atoms with E-state index >= 15 is 0 Å². The van der Waals surface area contributed by atoms with Crippen molar-refractivity contribution in [3.05, 3.63) is 103 Å². The monoisotopic (exact) mass is 542 g/mol. The van der Waals surface area contributed by atoms with Crippen LogP contribution in [0.1, 0.15) is 44.4 Å². The number of fused-ring (bicyclic) bond motifs is 2. The van der Waals surface area contributed by atoms with Crippen molar-refractivity contribution >= 4 is 34.2 Å². The van der Waals surface area contributed by atoms with Gasteiger partial charge in [0.1, 0.15) is 6.04 Å². The van der Waals surface area contributed by atoms with Gasteiger partial charge >= 0.3 is 5.97 Å². The van der Waals surface area contributed by atoms with Crippen molar-refractivity contribution in [3.8, 4) is 11.5 Å². The average Bonchev–Trinajstić information content (AvgIpc) is 3.25. The van der Waals surface area contributed by atoms with Crippen molar-refractivity contribution < 1.29 is 19.0 Å². The van der Waals surface area contributed by atoms with Gasteiger partial charge < -0.3 is 14.2 Å². The zero-order valence-electron chi connectivity index (χ0n) is 22.4. The Kier molecular flexibility index (Phi) is 7.65. The van der Waals surface area contributed by atoms with Crippen LogP contribution in [-0.2, 0) is 9.53 Å². The molecule has 3 aromatic carbocycles. The van der Waals surface area contributed by atoms with E-state index < -0.39 is 12.0 Å². The van der Waals surface area contributed by atoms with Crippen LogP contribution in [0.2, 0.25) is 0 Å². The third kappa shape index (κ3) is 4.88. The molecular weight excluding hydrogens is 512 g/mol. The third-order valence-corrected chi connectivity index (χ3v) is 7.58. The second-order valence-corrected chi connectivity index (χ2v) is 10.1. The number of nitrogens with zero attached hydrogens (tertiary/aromatic N) is 2. The summed E-state index contributed by atoms with van der Waals surface area (Å²) >= 11 is 1.30. The van der Waals surface area contributed by atoms with Gasteiger partial charge in [0.2, 0.25) is 0 Å². The van der Waals surface area contributed by atoms with E-state index in [2.05, 4.69) is 0 Å². The number of ether oxygens (including phenoxy) is 3. The van der Waals surface area contributed by atoms with Gasteiger partial charge in [0.25, 0.3) is 5.56 Å². The molecule has 0 fully saturated rings. The topological polar surface area (TPSA) is 79.1 Å². The standard InChI is InChI=1S/C31H30N2O5S/c1-5-17-38-28-23(15-10-16-24(28)36-4)27-26(30(35)37-6-2)19(3)32-31-33(27)29(34)25(39-31)18-21-13-9-12-20-11-7-8-14-22(20)21/h7-16,18,27H,5-6,17H2,1-4H3/b25-18+/t27-/m0/s1. The molecule has 0 saturated carbocycles. The van der Waals surface area contributed by atoms with Crippen LogP contribution in [0, 0.1) is 0 Å². The fraction of sp³-hybridized carbons (Fsp3) is 0.258. The first-order chi connectivity index (χ1) is 19.0. The fourth-order valence-electron chi connectivity index (χ4n) is 4.87. The molecule has 1 aliphatic heterocycles. The predicted molar refractivity (Wildman–Crippen MR) is 153 cm³/mol. The molecule has 1 aliphatic rings. The highest BCUT2D eigenvalue weighted by atomic mass is 32.1. The number of thiazole rings is 1. The van der Waals surface area contributed by atoms with Crippen LogP contribution < -0.4 is 24.4 Å². The first-order valence-corrected chi connectivity index (χ1v) is 13.8. The first-order valence-electron chi connectivity index (χ1n) is 13.0. The van der Waals surface area contributed by atoms with Gasteiger partial charge in [0.15, 0.2) is 16.3 Å². The first kappa shape index (κ1) is 26.4. The Labute approximate surface area is 230 Å². The summed E-state index contributed by atoms with van der Waals surface area (Å²) in [5.41, 5.74) is 2.13. The lowest BCUT2D eigenvalue weighted by Crippen LogP contribution is -2.40. The second kappa shape index (κ2) is 11.3. The van der Waals surface area contributed by atoms with Gasteiger partial charge in [-0.25, -0.2) is 9.79 Å². The molecule has 0 unspecified atom stereocenters. The minimum absolute atomic E-state index is 0.200. The number of esters is 1. The van der Waals surface area contributed by atoms with Gasteiger partial charge in [-0.05, 0) is 48.7 Å². The molecule has 1 atom stereocenters. The summed E-state index contributed by atoms with van der Waals surface area (Å²) in [5, 5.41) is 2.14. The molecule has 8 heteroatoms. The van der Waals surface area contributed by atoms with Gasteiger partial charge in [-0.2, -0.15) is 0 Å². The number of carbonyl (C=O) groups is 1. The quantitative estimate of drug-likeness (QED) is 0.300. The van der Waals surface area contributed by atoms with Crippen molar-refractivity contribution in [2.24, 2.45) is 4.99 Å². The van der Waals surface area contributed by atoms with Crippen LogP contribution in [0.15, 0.2) is 81.7 Å². The van der Waals surface area contributed by atoms with Crippen molar-refractivity contribution in [2.45, 2.75) is 33.2 Å². The molecule has 0 saturated heterocycles. The lowest BCUT2D eigenvalue weighted by atomic mass is 9.94. The molecule has 5 rings (SSSR count). The van der Waals surface area contributed by atoms with Crippen molar-refractivity contribution in [1.29, 1.82) is 0 Å². The number of rotatable bonds is 8. The van der Waals surface area contributed by atoms with Crippen LogP contribution in [0.3, 0.4) is 0 Å². The Bertz CT molecular complexity index is 1760. The zero-order chi connectivity index (χ0) is 27.5. The Morgan fingerprint density at radius 2 is 1.85 bits per heavy atom. The minimum atomic E-state index is -0.795. The molecule has 0 radical (unpaired) electrons. The number of methoxy groups -OCH3 is 1. The Hall–Kier alpha value is -4.17. The summed E-state index contributed by atoms with van der Waals surface area (Å²) < 4.78 is 19.3. The predicted octanol–water partition coefficient (Wildman–Crippen LogP) is 4.75. The van der Waals surface area contributed by atoms with Gasteiger partial charge in [-0.3, -0.25) is 9.36 Å². The number of benzene rings is 3. The van der Waals surface area contributed by atoms with Crippen LogP contribution in [0.4, 0.5) is 0 Å². The molecule has 4 aromatic rings. The van der Waals surface area contributed by atoms with Gasteiger partial charge in [0.05, 0.1) is 36.1 Å². The van der Waals surface area contributed by atoms with Crippen molar-refractivity contribution in [3.63, 3.8) is 0 Å². The van der Waals surface area contributed by atoms with E-state index in [9.17, 15) is 9.59 Å². The molecule has 0 aliphatic carbocycles. The van der Waals surface area contributed by atoms with Crippen LogP contribution in [0.25, 0.3) is 16.8 Å². The SMILES string of the molecule is CCCOc1c(OC)cccc1[C@H]1C(C(=O)OCC)=C(C)N=c2s/c(=C/c3cccc4ccccc34)c(=O)n21. The van der Waals surface area contributed by atoms with Gasteiger partial charge in [0, 0.05) is 5.56 Å². The highest BCUT2D eigenvalue weighted by Gasteiger charge is 2.36. The molecule has 1 aromatic heterocycles. The lowest BCUT2D eigenvalue weighted by molar-refractivity contribution is -0.139. The van der Waals surface area contributed by atoms with Crippen LogP contribution in [-0.4, -0.2) is 30.9 Å². The van der Waals surface area contributed by atoms with Crippen LogP contribution >= 0.6 is 11.3 Å². The number of carbonyl (C=O) groups excluding carboxylic acids is 1. The minimum Gasteiger partial charge on any atom is -0.493 e. The Balaban J connectivity index is 1.78. The highest BCUT2D eigenvalue weighted by molar-refractivity contribution is 7.07. The van der Waals surface area contributed by atoms with Gasteiger partial charge in [-0.15, -0.1) is 0 Å². The van der Waals surface area contributed by atoms with E-state index in [0.717, 1.165) is 22.8 Å². The molecule has 0 N–H and O–H groups in total. The highest BCUT2D eigenvalue weighted by Crippen LogP contribution is 2.40. The summed E-state index contributed by atoms with van der Waals surface area (Å²) in [6.07, 6.45) is 2.68. The Morgan fingerprint density at radius 1 is 1.08 bits per heavy atom. The van der Waals surface area contributed by atoms with E-state index in [1.54, 1.807) is 31.6 Å². The summed E-state index contributed by atoms with van der Waals surface area (Å²) in [6.45, 7) is 6.19. The average molecular weight is 543 g/mol.